The van der Waals surface area contributed by atoms with E-state index in [9.17, 15) is 9.90 Å². The normalized spacial score (nSPS) is 11.3. The van der Waals surface area contributed by atoms with E-state index in [0.717, 1.165) is 5.56 Å². The highest BCUT2D eigenvalue weighted by molar-refractivity contribution is 6.11. The summed E-state index contributed by atoms with van der Waals surface area (Å²) < 4.78 is 0. The maximum absolute atomic E-state index is 12.2. The van der Waals surface area contributed by atoms with Gasteiger partial charge in [0.25, 0.3) is 0 Å². The fraction of sp³-hybridized carbons (Fsp3) is 0.0625. The molecular weight excluding hydrogens is 224 g/mol. The summed E-state index contributed by atoms with van der Waals surface area (Å²) in [7, 11) is 0. The number of Topliss-reactive ketones (excluding diaryl/α,β-unsaturated/α-hetero) is 1. The number of ketones is 1. The molecule has 1 N–H and O–H groups in total. The zero-order chi connectivity index (χ0) is 12.8. The summed E-state index contributed by atoms with van der Waals surface area (Å²) in [5.74, 6) is -0.137. The van der Waals surface area contributed by atoms with Gasteiger partial charge in [-0.25, -0.2) is 0 Å². The topological polar surface area (TPSA) is 37.3 Å². The van der Waals surface area contributed by atoms with Gasteiger partial charge in [-0.1, -0.05) is 60.7 Å². The van der Waals surface area contributed by atoms with Crippen LogP contribution in [0.1, 0.15) is 15.9 Å². The Hall–Kier alpha value is -2.19. The van der Waals surface area contributed by atoms with E-state index in [-0.39, 0.29) is 12.4 Å². The van der Waals surface area contributed by atoms with Crippen molar-refractivity contribution >= 4 is 11.9 Å². The molecule has 0 aromatic heterocycles. The number of carbonyl (C=O) groups is 1. The van der Waals surface area contributed by atoms with Crippen LogP contribution in [0.5, 0.6) is 0 Å². The molecule has 0 aliphatic carbocycles. The van der Waals surface area contributed by atoms with Gasteiger partial charge in [-0.3, -0.25) is 4.79 Å². The molecule has 90 valence electrons. The third-order valence-electron chi connectivity index (χ3n) is 2.64. The largest absolute Gasteiger partial charge is 0.392 e. The molecule has 18 heavy (non-hydrogen) atoms. The maximum Gasteiger partial charge on any atom is 0.191 e. The van der Waals surface area contributed by atoms with E-state index in [2.05, 4.69) is 0 Å². The van der Waals surface area contributed by atoms with Crippen LogP contribution < -0.4 is 0 Å². The molecule has 2 nitrogen and oxygen atoms in total. The summed E-state index contributed by atoms with van der Waals surface area (Å²) >= 11 is 0. The van der Waals surface area contributed by atoms with Crippen LogP contribution in [0.25, 0.3) is 6.08 Å². The summed E-state index contributed by atoms with van der Waals surface area (Å²) in [6.45, 7) is -0.261. The van der Waals surface area contributed by atoms with Crippen LogP contribution in [-0.4, -0.2) is 17.5 Å². The fourth-order valence-electron chi connectivity index (χ4n) is 1.71. The Morgan fingerprint density at radius 3 is 2.06 bits per heavy atom. The zero-order valence-corrected chi connectivity index (χ0v) is 9.91. The van der Waals surface area contributed by atoms with Gasteiger partial charge in [0.15, 0.2) is 5.78 Å². The van der Waals surface area contributed by atoms with E-state index >= 15 is 0 Å². The maximum atomic E-state index is 12.2. The highest BCUT2D eigenvalue weighted by atomic mass is 16.3. The van der Waals surface area contributed by atoms with E-state index in [1.807, 2.05) is 48.5 Å². The molecular formula is C16H14O2. The Bertz CT molecular complexity index is 542. The van der Waals surface area contributed by atoms with Crippen molar-refractivity contribution in [1.82, 2.24) is 0 Å². The van der Waals surface area contributed by atoms with Crippen LogP contribution in [0.15, 0.2) is 66.2 Å². The molecule has 0 heterocycles. The smallest absolute Gasteiger partial charge is 0.191 e. The first-order chi connectivity index (χ1) is 8.81. The molecule has 2 heteroatoms. The van der Waals surface area contributed by atoms with Crippen molar-refractivity contribution in [1.29, 1.82) is 0 Å². The Labute approximate surface area is 106 Å². The minimum Gasteiger partial charge on any atom is -0.392 e. The molecule has 2 rings (SSSR count). The van der Waals surface area contributed by atoms with Crippen LogP contribution in [0.3, 0.4) is 0 Å². The minimum absolute atomic E-state index is 0.137. The Balaban J connectivity index is 2.30. The number of rotatable bonds is 4. The third kappa shape index (κ3) is 2.93. The number of hydrogen-bond acceptors (Lipinski definition) is 2. The van der Waals surface area contributed by atoms with Gasteiger partial charge in [0.1, 0.15) is 0 Å². The van der Waals surface area contributed by atoms with Crippen molar-refractivity contribution in [3.8, 4) is 0 Å². The fourth-order valence-corrected chi connectivity index (χ4v) is 1.71. The minimum atomic E-state index is -0.261. The van der Waals surface area contributed by atoms with Gasteiger partial charge in [0, 0.05) is 11.1 Å². The lowest BCUT2D eigenvalue weighted by atomic mass is 10.0. The average Bonchev–Trinajstić information content (AvgIpc) is 2.46. The molecule has 0 fully saturated rings. The van der Waals surface area contributed by atoms with Crippen LogP contribution in [0, 0.1) is 0 Å². The summed E-state index contributed by atoms with van der Waals surface area (Å²) in [5.41, 5.74) is 1.90. The number of aliphatic hydroxyl groups excluding tert-OH is 1. The summed E-state index contributed by atoms with van der Waals surface area (Å²) in [6.07, 6.45) is 1.72. The van der Waals surface area contributed by atoms with Crippen LogP contribution >= 0.6 is 0 Å². The van der Waals surface area contributed by atoms with Crippen molar-refractivity contribution in [2.45, 2.75) is 0 Å². The second-order valence-corrected chi connectivity index (χ2v) is 3.93. The van der Waals surface area contributed by atoms with Crippen molar-refractivity contribution < 1.29 is 9.90 Å². The van der Waals surface area contributed by atoms with E-state index in [0.29, 0.717) is 11.1 Å². The van der Waals surface area contributed by atoms with E-state index in [4.69, 9.17) is 0 Å². The first kappa shape index (κ1) is 12.3. The number of benzene rings is 2. The average molecular weight is 238 g/mol. The molecule has 0 saturated heterocycles. The van der Waals surface area contributed by atoms with Crippen LogP contribution in [0.2, 0.25) is 0 Å². The highest BCUT2D eigenvalue weighted by Crippen LogP contribution is 2.12. The van der Waals surface area contributed by atoms with Gasteiger partial charge in [-0.15, -0.1) is 0 Å². The number of hydrogen-bond donors (Lipinski definition) is 1. The predicted molar refractivity (Wildman–Crippen MR) is 72.3 cm³/mol. The first-order valence-electron chi connectivity index (χ1n) is 5.77. The van der Waals surface area contributed by atoms with Crippen molar-refractivity contribution in [2.24, 2.45) is 0 Å². The molecule has 0 aliphatic heterocycles. The monoisotopic (exact) mass is 238 g/mol. The summed E-state index contributed by atoms with van der Waals surface area (Å²) in [4.78, 5) is 12.2. The van der Waals surface area contributed by atoms with Crippen LogP contribution in [-0.2, 0) is 0 Å². The molecule has 2 aromatic rings. The molecule has 0 unspecified atom stereocenters. The quantitative estimate of drug-likeness (QED) is 0.656. The lowest BCUT2D eigenvalue weighted by molar-refractivity contribution is 0.102. The molecule has 0 saturated carbocycles. The van der Waals surface area contributed by atoms with Gasteiger partial charge in [-0.05, 0) is 11.6 Å². The third-order valence-corrected chi connectivity index (χ3v) is 2.64. The van der Waals surface area contributed by atoms with E-state index in [1.54, 1.807) is 18.2 Å². The lowest BCUT2D eigenvalue weighted by Gasteiger charge is -2.03. The zero-order valence-electron chi connectivity index (χ0n) is 9.91. The van der Waals surface area contributed by atoms with Crippen molar-refractivity contribution in [3.63, 3.8) is 0 Å². The van der Waals surface area contributed by atoms with Gasteiger partial charge >= 0.3 is 0 Å². The molecule has 0 amide bonds. The predicted octanol–water partition coefficient (Wildman–Crippen LogP) is 2.95. The van der Waals surface area contributed by atoms with Gasteiger partial charge in [0.05, 0.1) is 6.61 Å². The summed E-state index contributed by atoms with van der Waals surface area (Å²) in [6, 6.07) is 18.5. The molecule has 0 aliphatic rings. The van der Waals surface area contributed by atoms with E-state index in [1.165, 1.54) is 0 Å². The molecule has 2 aromatic carbocycles. The lowest BCUT2D eigenvalue weighted by Crippen LogP contribution is -2.06. The first-order valence-corrected chi connectivity index (χ1v) is 5.77. The molecule has 0 radical (unpaired) electrons. The number of aliphatic hydroxyl groups is 1. The van der Waals surface area contributed by atoms with Gasteiger partial charge < -0.3 is 5.11 Å². The SMILES string of the molecule is O=C(/C(=C/c1ccccc1)CO)c1ccccc1. The summed E-state index contributed by atoms with van der Waals surface area (Å²) in [5, 5.41) is 9.33. The standard InChI is InChI=1S/C16H14O2/c17-12-15(11-13-7-3-1-4-8-13)16(18)14-9-5-2-6-10-14/h1-11,17H,12H2/b15-11+. The molecule has 0 spiro atoms. The van der Waals surface area contributed by atoms with Gasteiger partial charge in [-0.2, -0.15) is 0 Å². The second kappa shape index (κ2) is 5.94. The Kier molecular flexibility index (Phi) is 4.05. The highest BCUT2D eigenvalue weighted by Gasteiger charge is 2.10. The second-order valence-electron chi connectivity index (χ2n) is 3.93. The van der Waals surface area contributed by atoms with Crippen molar-refractivity contribution in [2.75, 3.05) is 6.61 Å². The Morgan fingerprint density at radius 2 is 1.50 bits per heavy atom. The molecule has 0 bridgehead atoms. The van der Waals surface area contributed by atoms with Crippen molar-refractivity contribution in [3.05, 3.63) is 77.4 Å². The molecule has 0 atom stereocenters. The number of carbonyl (C=O) groups excluding carboxylic acids is 1. The van der Waals surface area contributed by atoms with E-state index < -0.39 is 0 Å². The Morgan fingerprint density at radius 1 is 0.944 bits per heavy atom. The van der Waals surface area contributed by atoms with Crippen LogP contribution in [0.4, 0.5) is 0 Å². The van der Waals surface area contributed by atoms with Gasteiger partial charge in [0.2, 0.25) is 0 Å².